The number of fused-ring (bicyclic) bond motifs is 1. The van der Waals surface area contributed by atoms with Crippen molar-refractivity contribution in [2.75, 3.05) is 0 Å². The average Bonchev–Trinajstić information content (AvgIpc) is 2.47. The van der Waals surface area contributed by atoms with Crippen LogP contribution in [0.5, 0.6) is 0 Å². The maximum absolute atomic E-state index is 11.3. The van der Waals surface area contributed by atoms with Crippen molar-refractivity contribution in [2.45, 2.75) is 12.8 Å². The highest BCUT2D eigenvalue weighted by molar-refractivity contribution is 6.32. The second-order valence-corrected chi connectivity index (χ2v) is 3.57. The molecule has 0 saturated heterocycles. The quantitative estimate of drug-likeness (QED) is 0.668. The third-order valence-corrected chi connectivity index (χ3v) is 2.69. The molecule has 0 heterocycles. The molecule has 0 N–H and O–H groups in total. The SMILES string of the molecule is C=Cc1cc2c(cc1Cl)C(=O)CC2. The van der Waals surface area contributed by atoms with Gasteiger partial charge >= 0.3 is 0 Å². The Morgan fingerprint density at radius 2 is 2.15 bits per heavy atom. The number of carbonyl (C=O) groups is 1. The third kappa shape index (κ3) is 1.29. The molecular formula is C11H9ClO. The van der Waals surface area contributed by atoms with Crippen LogP contribution < -0.4 is 0 Å². The molecule has 0 bridgehead atoms. The van der Waals surface area contributed by atoms with Crippen molar-refractivity contribution in [1.29, 1.82) is 0 Å². The Balaban J connectivity index is 2.63. The van der Waals surface area contributed by atoms with Gasteiger partial charge in [0.1, 0.15) is 0 Å². The molecule has 1 aromatic carbocycles. The topological polar surface area (TPSA) is 17.1 Å². The molecule has 0 saturated carbocycles. The van der Waals surface area contributed by atoms with Gasteiger partial charge in [0.15, 0.2) is 5.78 Å². The van der Waals surface area contributed by atoms with E-state index in [2.05, 4.69) is 6.58 Å². The van der Waals surface area contributed by atoms with Crippen molar-refractivity contribution in [3.63, 3.8) is 0 Å². The van der Waals surface area contributed by atoms with Gasteiger partial charge in [0.25, 0.3) is 0 Å². The highest BCUT2D eigenvalue weighted by Gasteiger charge is 2.20. The number of halogens is 1. The van der Waals surface area contributed by atoms with Gasteiger partial charge in [0.2, 0.25) is 0 Å². The van der Waals surface area contributed by atoms with E-state index >= 15 is 0 Å². The van der Waals surface area contributed by atoms with E-state index in [9.17, 15) is 4.79 Å². The minimum absolute atomic E-state index is 0.201. The van der Waals surface area contributed by atoms with Gasteiger partial charge in [0, 0.05) is 17.0 Å². The molecule has 1 aliphatic carbocycles. The fraction of sp³-hybridized carbons (Fsp3) is 0.182. The Morgan fingerprint density at radius 1 is 1.38 bits per heavy atom. The second kappa shape index (κ2) is 3.00. The van der Waals surface area contributed by atoms with E-state index in [1.54, 1.807) is 12.1 Å². The van der Waals surface area contributed by atoms with Crippen LogP contribution in [0.4, 0.5) is 0 Å². The van der Waals surface area contributed by atoms with Crippen LogP contribution in [0.15, 0.2) is 18.7 Å². The normalized spacial score (nSPS) is 14.4. The Bertz CT molecular complexity index is 393. The number of ketones is 1. The zero-order valence-corrected chi connectivity index (χ0v) is 7.90. The summed E-state index contributed by atoms with van der Waals surface area (Å²) < 4.78 is 0. The molecule has 2 heteroatoms. The molecule has 0 spiro atoms. The lowest BCUT2D eigenvalue weighted by atomic mass is 10.1. The summed E-state index contributed by atoms with van der Waals surface area (Å²) in [6.45, 7) is 3.67. The number of hydrogen-bond acceptors (Lipinski definition) is 1. The molecule has 0 aliphatic heterocycles. The molecule has 1 nitrogen and oxygen atoms in total. The molecular weight excluding hydrogens is 184 g/mol. The van der Waals surface area contributed by atoms with Gasteiger partial charge in [-0.15, -0.1) is 0 Å². The molecule has 0 atom stereocenters. The summed E-state index contributed by atoms with van der Waals surface area (Å²) >= 11 is 5.95. The van der Waals surface area contributed by atoms with Gasteiger partial charge < -0.3 is 0 Å². The molecule has 0 amide bonds. The van der Waals surface area contributed by atoms with Crippen molar-refractivity contribution in [1.82, 2.24) is 0 Å². The number of Topliss-reactive ketones (excluding diaryl/α,β-unsaturated/α-hetero) is 1. The van der Waals surface area contributed by atoms with Gasteiger partial charge in [-0.1, -0.05) is 24.3 Å². The number of hydrogen-bond donors (Lipinski definition) is 0. The summed E-state index contributed by atoms with van der Waals surface area (Å²) in [5, 5.41) is 0.615. The average molecular weight is 193 g/mol. The van der Waals surface area contributed by atoms with Crippen LogP contribution in [0, 0.1) is 0 Å². The predicted octanol–water partition coefficient (Wildman–Crippen LogP) is 3.11. The summed E-state index contributed by atoms with van der Waals surface area (Å²) in [4.78, 5) is 11.3. The minimum Gasteiger partial charge on any atom is -0.294 e. The van der Waals surface area contributed by atoms with E-state index in [0.717, 1.165) is 23.1 Å². The molecule has 66 valence electrons. The van der Waals surface area contributed by atoms with Crippen LogP contribution in [-0.4, -0.2) is 5.78 Å². The zero-order chi connectivity index (χ0) is 9.42. The smallest absolute Gasteiger partial charge is 0.163 e. The Morgan fingerprint density at radius 3 is 2.85 bits per heavy atom. The molecule has 1 aromatic rings. The summed E-state index contributed by atoms with van der Waals surface area (Å²) in [6.07, 6.45) is 3.17. The first kappa shape index (κ1) is 8.52. The first-order chi connectivity index (χ1) is 6.22. The van der Waals surface area contributed by atoms with Crippen LogP contribution in [0.1, 0.15) is 27.9 Å². The highest BCUT2D eigenvalue weighted by Crippen LogP contribution is 2.28. The number of rotatable bonds is 1. The Hall–Kier alpha value is -1.08. The van der Waals surface area contributed by atoms with E-state index in [-0.39, 0.29) is 5.78 Å². The Kier molecular flexibility index (Phi) is 1.97. The highest BCUT2D eigenvalue weighted by atomic mass is 35.5. The first-order valence-electron chi connectivity index (χ1n) is 4.20. The molecule has 13 heavy (non-hydrogen) atoms. The number of aryl methyl sites for hydroxylation is 1. The second-order valence-electron chi connectivity index (χ2n) is 3.16. The summed E-state index contributed by atoms with van der Waals surface area (Å²) in [7, 11) is 0. The molecule has 0 fully saturated rings. The maximum Gasteiger partial charge on any atom is 0.163 e. The summed E-state index contributed by atoms with van der Waals surface area (Å²) in [5.41, 5.74) is 2.80. The Labute approximate surface area is 82.0 Å². The largest absolute Gasteiger partial charge is 0.294 e. The summed E-state index contributed by atoms with van der Waals surface area (Å²) in [5.74, 6) is 0.201. The van der Waals surface area contributed by atoms with Gasteiger partial charge in [-0.3, -0.25) is 4.79 Å². The van der Waals surface area contributed by atoms with Gasteiger partial charge in [0.05, 0.1) is 0 Å². The van der Waals surface area contributed by atoms with E-state index in [4.69, 9.17) is 11.6 Å². The maximum atomic E-state index is 11.3. The number of benzene rings is 1. The van der Waals surface area contributed by atoms with Crippen molar-refractivity contribution in [2.24, 2.45) is 0 Å². The van der Waals surface area contributed by atoms with Gasteiger partial charge in [-0.25, -0.2) is 0 Å². The van der Waals surface area contributed by atoms with Crippen LogP contribution in [-0.2, 0) is 6.42 Å². The minimum atomic E-state index is 0.201. The molecule has 0 radical (unpaired) electrons. The predicted molar refractivity (Wildman–Crippen MR) is 54.2 cm³/mol. The standard InChI is InChI=1S/C11H9ClO/c1-2-7-5-8-3-4-11(13)9(8)6-10(7)12/h2,5-6H,1,3-4H2. The van der Waals surface area contributed by atoms with Crippen molar-refractivity contribution in [3.05, 3.63) is 40.4 Å². The zero-order valence-electron chi connectivity index (χ0n) is 7.14. The fourth-order valence-electron chi connectivity index (χ4n) is 1.64. The van der Waals surface area contributed by atoms with E-state index in [1.165, 1.54) is 0 Å². The molecule has 2 rings (SSSR count). The van der Waals surface area contributed by atoms with E-state index in [0.29, 0.717) is 11.4 Å². The van der Waals surface area contributed by atoms with Crippen LogP contribution in [0.25, 0.3) is 6.08 Å². The fourth-order valence-corrected chi connectivity index (χ4v) is 1.88. The first-order valence-corrected chi connectivity index (χ1v) is 4.58. The van der Waals surface area contributed by atoms with Crippen molar-refractivity contribution in [3.8, 4) is 0 Å². The van der Waals surface area contributed by atoms with Crippen LogP contribution in [0.2, 0.25) is 5.02 Å². The molecule has 1 aliphatic rings. The third-order valence-electron chi connectivity index (χ3n) is 2.36. The van der Waals surface area contributed by atoms with Crippen LogP contribution >= 0.6 is 11.6 Å². The van der Waals surface area contributed by atoms with E-state index in [1.807, 2.05) is 6.07 Å². The van der Waals surface area contributed by atoms with Crippen molar-refractivity contribution < 1.29 is 4.79 Å². The van der Waals surface area contributed by atoms with E-state index < -0.39 is 0 Å². The van der Waals surface area contributed by atoms with Crippen LogP contribution in [0.3, 0.4) is 0 Å². The molecule has 0 unspecified atom stereocenters. The lowest BCUT2D eigenvalue weighted by molar-refractivity contribution is 0.0994. The summed E-state index contributed by atoms with van der Waals surface area (Å²) in [6, 6.07) is 3.71. The van der Waals surface area contributed by atoms with Gasteiger partial charge in [-0.2, -0.15) is 0 Å². The van der Waals surface area contributed by atoms with Crippen molar-refractivity contribution >= 4 is 23.5 Å². The number of carbonyl (C=O) groups excluding carboxylic acids is 1. The lowest BCUT2D eigenvalue weighted by Crippen LogP contribution is -1.91. The molecule has 0 aromatic heterocycles. The monoisotopic (exact) mass is 192 g/mol. The lowest BCUT2D eigenvalue weighted by Gasteiger charge is -2.02. The van der Waals surface area contributed by atoms with Gasteiger partial charge in [-0.05, 0) is 29.7 Å².